The van der Waals surface area contributed by atoms with Gasteiger partial charge in [0.15, 0.2) is 0 Å². The smallest absolute Gasteiger partial charge is 0.119 e. The Morgan fingerprint density at radius 1 is 0.880 bits per heavy atom. The van der Waals surface area contributed by atoms with Crippen molar-refractivity contribution in [1.82, 2.24) is 0 Å². The zero-order valence-electron chi connectivity index (χ0n) is 13.3. The van der Waals surface area contributed by atoms with E-state index in [2.05, 4.69) is 10.5 Å². The van der Waals surface area contributed by atoms with E-state index in [1.165, 1.54) is 0 Å². The molecule has 3 nitrogen and oxygen atoms in total. The van der Waals surface area contributed by atoms with Crippen molar-refractivity contribution in [1.29, 1.82) is 0 Å². The van der Waals surface area contributed by atoms with Crippen LogP contribution in [0.5, 0.6) is 5.75 Å². The summed E-state index contributed by atoms with van der Waals surface area (Å²) < 4.78 is 5.76. The predicted octanol–water partition coefficient (Wildman–Crippen LogP) is 6.02. The average molecular weight is 371 g/mol. The van der Waals surface area contributed by atoms with Crippen LogP contribution in [0.4, 0.5) is 5.69 Å². The maximum absolute atomic E-state index is 5.93. The van der Waals surface area contributed by atoms with E-state index in [0.29, 0.717) is 11.6 Å². The van der Waals surface area contributed by atoms with Crippen molar-refractivity contribution < 1.29 is 4.74 Å². The van der Waals surface area contributed by atoms with Crippen molar-refractivity contribution in [3.8, 4) is 5.75 Å². The Labute approximate surface area is 156 Å². The fourth-order valence-corrected chi connectivity index (χ4v) is 2.45. The van der Waals surface area contributed by atoms with Crippen LogP contribution in [0.25, 0.3) is 0 Å². The van der Waals surface area contributed by atoms with Crippen LogP contribution in [-0.2, 0) is 6.61 Å². The molecule has 5 heteroatoms. The summed E-state index contributed by atoms with van der Waals surface area (Å²) in [6, 6.07) is 22.7. The minimum absolute atomic E-state index is 0.501. The highest BCUT2D eigenvalue weighted by molar-refractivity contribution is 6.31. The molecule has 0 aliphatic rings. The number of rotatable bonds is 6. The number of hydrogen-bond acceptors (Lipinski definition) is 3. The van der Waals surface area contributed by atoms with Gasteiger partial charge in [-0.3, -0.25) is 5.43 Å². The molecule has 0 spiro atoms. The zero-order chi connectivity index (χ0) is 17.5. The van der Waals surface area contributed by atoms with Gasteiger partial charge in [0.05, 0.1) is 11.9 Å². The number of hydrogen-bond donors (Lipinski definition) is 1. The molecule has 0 aliphatic heterocycles. The molecule has 0 heterocycles. The first-order chi connectivity index (χ1) is 12.2. The second kappa shape index (κ2) is 8.56. The Balaban J connectivity index is 1.53. The largest absolute Gasteiger partial charge is 0.489 e. The number of halogens is 2. The number of anilines is 1. The molecule has 0 aliphatic carbocycles. The summed E-state index contributed by atoms with van der Waals surface area (Å²) in [6.45, 7) is 0.501. The van der Waals surface area contributed by atoms with E-state index < -0.39 is 0 Å². The van der Waals surface area contributed by atoms with Crippen molar-refractivity contribution in [2.45, 2.75) is 6.61 Å². The second-order valence-electron chi connectivity index (χ2n) is 5.36. The lowest BCUT2D eigenvalue weighted by Gasteiger charge is -2.06. The lowest BCUT2D eigenvalue weighted by atomic mass is 10.2. The summed E-state index contributed by atoms with van der Waals surface area (Å²) >= 11 is 11.8. The first-order valence-electron chi connectivity index (χ1n) is 7.71. The zero-order valence-corrected chi connectivity index (χ0v) is 14.8. The summed E-state index contributed by atoms with van der Waals surface area (Å²) in [6.07, 6.45) is 1.74. The van der Waals surface area contributed by atoms with E-state index in [1.54, 1.807) is 6.21 Å². The number of hydrazone groups is 1. The number of nitrogens with one attached hydrogen (secondary N) is 1. The van der Waals surface area contributed by atoms with E-state index in [1.807, 2.05) is 72.8 Å². The Bertz CT molecular complexity index is 846. The van der Waals surface area contributed by atoms with E-state index >= 15 is 0 Å². The molecule has 0 radical (unpaired) electrons. The van der Waals surface area contributed by atoms with Gasteiger partial charge in [0, 0.05) is 10.0 Å². The van der Waals surface area contributed by atoms with Crippen LogP contribution in [0.1, 0.15) is 11.1 Å². The van der Waals surface area contributed by atoms with Gasteiger partial charge in [-0.1, -0.05) is 41.4 Å². The molecule has 0 amide bonds. The number of nitrogens with zero attached hydrogens (tertiary/aromatic N) is 1. The van der Waals surface area contributed by atoms with Gasteiger partial charge < -0.3 is 4.74 Å². The first-order valence-corrected chi connectivity index (χ1v) is 8.46. The van der Waals surface area contributed by atoms with Crippen LogP contribution in [0.15, 0.2) is 77.9 Å². The van der Waals surface area contributed by atoms with Gasteiger partial charge in [-0.25, -0.2) is 0 Å². The van der Waals surface area contributed by atoms with Gasteiger partial charge in [0.2, 0.25) is 0 Å². The third-order valence-corrected chi connectivity index (χ3v) is 3.92. The molecule has 0 unspecified atom stereocenters. The van der Waals surface area contributed by atoms with Crippen molar-refractivity contribution in [3.63, 3.8) is 0 Å². The maximum atomic E-state index is 5.93. The molecular weight excluding hydrogens is 355 g/mol. The predicted molar refractivity (Wildman–Crippen MR) is 105 cm³/mol. The van der Waals surface area contributed by atoms with Crippen LogP contribution in [-0.4, -0.2) is 6.21 Å². The quantitative estimate of drug-likeness (QED) is 0.425. The highest BCUT2D eigenvalue weighted by Crippen LogP contribution is 2.16. The fourth-order valence-electron chi connectivity index (χ4n) is 2.14. The molecule has 25 heavy (non-hydrogen) atoms. The minimum atomic E-state index is 0.501. The third kappa shape index (κ3) is 5.52. The molecule has 1 N–H and O–H groups in total. The van der Waals surface area contributed by atoms with Crippen molar-refractivity contribution in [2.75, 3.05) is 5.43 Å². The van der Waals surface area contributed by atoms with Crippen LogP contribution in [0, 0.1) is 0 Å². The molecule has 3 aromatic carbocycles. The van der Waals surface area contributed by atoms with Gasteiger partial charge in [-0.15, -0.1) is 0 Å². The average Bonchev–Trinajstić information content (AvgIpc) is 2.62. The van der Waals surface area contributed by atoms with E-state index in [0.717, 1.165) is 27.6 Å². The Hall–Kier alpha value is -2.49. The van der Waals surface area contributed by atoms with Crippen molar-refractivity contribution in [3.05, 3.63) is 94.0 Å². The summed E-state index contributed by atoms with van der Waals surface area (Å²) in [5.41, 5.74) is 5.82. The summed E-state index contributed by atoms with van der Waals surface area (Å²) in [5, 5.41) is 5.59. The van der Waals surface area contributed by atoms with Crippen LogP contribution < -0.4 is 10.2 Å². The summed E-state index contributed by atoms with van der Waals surface area (Å²) in [7, 11) is 0. The van der Waals surface area contributed by atoms with E-state index in [-0.39, 0.29) is 0 Å². The van der Waals surface area contributed by atoms with Gasteiger partial charge in [-0.2, -0.15) is 5.10 Å². The second-order valence-corrected chi connectivity index (χ2v) is 6.24. The van der Waals surface area contributed by atoms with Crippen LogP contribution in [0.2, 0.25) is 10.0 Å². The molecule has 0 saturated carbocycles. The normalized spacial score (nSPS) is 10.8. The molecule has 3 rings (SSSR count). The standard InChI is InChI=1S/C20H16Cl2N2O/c21-17-8-4-16(5-9-17)14-25-20-10-6-15(7-11-20)13-23-24-19-3-1-2-18(22)12-19/h1-13,24H,14H2. The number of benzene rings is 3. The molecule has 0 saturated heterocycles. The topological polar surface area (TPSA) is 33.6 Å². The Kier molecular flexibility index (Phi) is 5.94. The van der Waals surface area contributed by atoms with Gasteiger partial charge in [0.1, 0.15) is 12.4 Å². The molecule has 0 aromatic heterocycles. The maximum Gasteiger partial charge on any atom is 0.119 e. The summed E-state index contributed by atoms with van der Waals surface area (Å²) in [4.78, 5) is 0. The SMILES string of the molecule is Clc1ccc(COc2ccc(C=NNc3cccc(Cl)c3)cc2)cc1. The van der Waals surface area contributed by atoms with Crippen molar-refractivity contribution in [2.24, 2.45) is 5.10 Å². The first kappa shape index (κ1) is 17.3. The van der Waals surface area contributed by atoms with E-state index in [4.69, 9.17) is 27.9 Å². The fraction of sp³-hybridized carbons (Fsp3) is 0.0500. The molecular formula is C20H16Cl2N2O. The molecule has 0 bridgehead atoms. The third-order valence-electron chi connectivity index (χ3n) is 3.43. The van der Waals surface area contributed by atoms with E-state index in [9.17, 15) is 0 Å². The lowest BCUT2D eigenvalue weighted by molar-refractivity contribution is 0.306. The highest BCUT2D eigenvalue weighted by atomic mass is 35.5. The van der Waals surface area contributed by atoms with Gasteiger partial charge in [-0.05, 0) is 65.7 Å². The van der Waals surface area contributed by atoms with Crippen molar-refractivity contribution >= 4 is 35.1 Å². The van der Waals surface area contributed by atoms with Gasteiger partial charge >= 0.3 is 0 Å². The lowest BCUT2D eigenvalue weighted by Crippen LogP contribution is -1.95. The highest BCUT2D eigenvalue weighted by Gasteiger charge is 1.97. The Morgan fingerprint density at radius 3 is 2.36 bits per heavy atom. The monoisotopic (exact) mass is 370 g/mol. The van der Waals surface area contributed by atoms with Gasteiger partial charge in [0.25, 0.3) is 0 Å². The van der Waals surface area contributed by atoms with Crippen LogP contribution >= 0.6 is 23.2 Å². The molecule has 3 aromatic rings. The molecule has 126 valence electrons. The molecule has 0 atom stereocenters. The number of ether oxygens (including phenoxy) is 1. The molecule has 0 fully saturated rings. The Morgan fingerprint density at radius 2 is 1.64 bits per heavy atom. The summed E-state index contributed by atoms with van der Waals surface area (Å²) in [5.74, 6) is 0.801. The minimum Gasteiger partial charge on any atom is -0.489 e. The van der Waals surface area contributed by atoms with Crippen LogP contribution in [0.3, 0.4) is 0 Å².